The second kappa shape index (κ2) is 16.2. The molecule has 2 N–H and O–H groups in total. The van der Waals surface area contributed by atoms with Gasteiger partial charge in [0.15, 0.2) is 23.9 Å². The number of aromatic nitrogens is 3. The minimum atomic E-state index is -0.480. The largest absolute Gasteiger partial charge is 0.493 e. The highest BCUT2D eigenvalue weighted by Gasteiger charge is 2.20. The van der Waals surface area contributed by atoms with E-state index in [1.165, 1.54) is 7.11 Å². The van der Waals surface area contributed by atoms with Crippen LogP contribution in [-0.4, -0.2) is 77.8 Å². The second-order valence-corrected chi connectivity index (χ2v) is 9.75. The molecule has 2 aromatic heterocycles. The Morgan fingerprint density at radius 3 is 2.60 bits per heavy atom. The van der Waals surface area contributed by atoms with Gasteiger partial charge >= 0.3 is 5.97 Å². The Labute approximate surface area is 261 Å². The van der Waals surface area contributed by atoms with Gasteiger partial charge in [-0.15, -0.1) is 24.0 Å². The van der Waals surface area contributed by atoms with Crippen LogP contribution in [0.25, 0.3) is 21.9 Å². The summed E-state index contributed by atoms with van der Waals surface area (Å²) in [7, 11) is 3.17. The van der Waals surface area contributed by atoms with E-state index in [9.17, 15) is 9.59 Å². The van der Waals surface area contributed by atoms with Crippen LogP contribution in [0.1, 0.15) is 24.7 Å². The first-order valence-electron chi connectivity index (χ1n) is 13.7. The molecule has 0 radical (unpaired) electrons. The normalized spacial score (nSPS) is 10.9. The standard InChI is InChI=1S/C30H36ClN5O6.ClH/c1-4-41-26(38)19-42-23-12-7-9-20(29(23)40-3)18-35(25(37)17-31)14-8-15-36-24(13-16-39-2)34-27-28(36)21-10-5-6-11-22(21)33-30(27)32;/h5-7,9-12H,4,8,13-19H2,1-3H3,(H2,32,33);1H. The number of amides is 1. The molecule has 43 heavy (non-hydrogen) atoms. The van der Waals surface area contributed by atoms with E-state index >= 15 is 0 Å². The Morgan fingerprint density at radius 2 is 1.88 bits per heavy atom. The summed E-state index contributed by atoms with van der Waals surface area (Å²) in [5, 5.41) is 0.955. The number of aryl methyl sites for hydroxylation is 1. The number of alkyl halides is 1. The zero-order chi connectivity index (χ0) is 30.1. The number of fused-ring (bicyclic) bond motifs is 3. The highest BCUT2D eigenvalue weighted by molar-refractivity contribution is 6.27. The number of hydrogen-bond acceptors (Lipinski definition) is 9. The molecular weight excluding hydrogens is 597 g/mol. The molecule has 0 saturated carbocycles. The third-order valence-electron chi connectivity index (χ3n) is 6.77. The van der Waals surface area contributed by atoms with Crippen LogP contribution < -0.4 is 15.2 Å². The first-order valence-corrected chi connectivity index (χ1v) is 14.3. The molecule has 11 nitrogen and oxygen atoms in total. The van der Waals surface area contributed by atoms with E-state index in [0.29, 0.717) is 55.4 Å². The van der Waals surface area contributed by atoms with Crippen LogP contribution >= 0.6 is 24.0 Å². The molecule has 232 valence electrons. The lowest BCUT2D eigenvalue weighted by Crippen LogP contribution is -2.33. The fourth-order valence-electron chi connectivity index (χ4n) is 4.90. The average molecular weight is 635 g/mol. The zero-order valence-electron chi connectivity index (χ0n) is 24.5. The van der Waals surface area contributed by atoms with Gasteiger partial charge in [0, 0.05) is 44.1 Å². The summed E-state index contributed by atoms with van der Waals surface area (Å²) in [5.41, 5.74) is 9.38. The predicted octanol–water partition coefficient (Wildman–Crippen LogP) is 4.39. The molecule has 4 aromatic rings. The average Bonchev–Trinajstić information content (AvgIpc) is 3.37. The minimum absolute atomic E-state index is 0. The molecule has 0 aliphatic carbocycles. The number of anilines is 1. The molecule has 0 aliphatic heterocycles. The SMILES string of the molecule is CCOC(=O)COc1cccc(CN(CCCn2c(CCOC)nc3c(N)nc4ccccc4c32)C(=O)CCl)c1OC.Cl. The number of nitrogens with zero attached hydrogens (tertiary/aromatic N) is 4. The van der Waals surface area contributed by atoms with E-state index in [0.717, 1.165) is 27.8 Å². The smallest absolute Gasteiger partial charge is 0.344 e. The summed E-state index contributed by atoms with van der Waals surface area (Å²) < 4.78 is 23.7. The number of nitrogens with two attached hydrogens (primary N) is 1. The Hall–Kier alpha value is -3.80. The second-order valence-electron chi connectivity index (χ2n) is 9.48. The van der Waals surface area contributed by atoms with Crippen LogP contribution in [0.5, 0.6) is 11.5 Å². The van der Waals surface area contributed by atoms with Crippen molar-refractivity contribution in [2.24, 2.45) is 0 Å². The van der Waals surface area contributed by atoms with Crippen molar-refractivity contribution in [1.82, 2.24) is 19.4 Å². The highest BCUT2D eigenvalue weighted by Crippen LogP contribution is 2.33. The number of imidazole rings is 1. The van der Waals surface area contributed by atoms with Crippen LogP contribution in [0.15, 0.2) is 42.5 Å². The van der Waals surface area contributed by atoms with E-state index < -0.39 is 5.97 Å². The van der Waals surface area contributed by atoms with Gasteiger partial charge in [0.1, 0.15) is 17.2 Å². The summed E-state index contributed by atoms with van der Waals surface area (Å²) in [6, 6.07) is 13.2. The van der Waals surface area contributed by atoms with Crippen LogP contribution in [0.4, 0.5) is 5.82 Å². The molecule has 0 atom stereocenters. The highest BCUT2D eigenvalue weighted by atomic mass is 35.5. The lowest BCUT2D eigenvalue weighted by Gasteiger charge is -2.24. The topological polar surface area (TPSA) is 131 Å². The number of carbonyl (C=O) groups is 2. The van der Waals surface area contributed by atoms with E-state index in [-0.39, 0.29) is 44.0 Å². The van der Waals surface area contributed by atoms with Crippen molar-refractivity contribution < 1.29 is 28.5 Å². The predicted molar refractivity (Wildman–Crippen MR) is 168 cm³/mol. The van der Waals surface area contributed by atoms with Crippen molar-refractivity contribution in [1.29, 1.82) is 0 Å². The molecule has 1 amide bonds. The van der Waals surface area contributed by atoms with Crippen molar-refractivity contribution in [3.8, 4) is 11.5 Å². The van der Waals surface area contributed by atoms with Gasteiger partial charge in [-0.05, 0) is 25.5 Å². The fraction of sp³-hybridized carbons (Fsp3) is 0.400. The molecule has 4 rings (SSSR count). The fourth-order valence-corrected chi connectivity index (χ4v) is 5.07. The summed E-state index contributed by atoms with van der Waals surface area (Å²) >= 11 is 6.01. The maximum atomic E-state index is 12.9. The molecule has 13 heteroatoms. The Bertz CT molecular complexity index is 1550. The van der Waals surface area contributed by atoms with Gasteiger partial charge in [0.25, 0.3) is 0 Å². The Morgan fingerprint density at radius 1 is 1.09 bits per heavy atom. The van der Waals surface area contributed by atoms with Gasteiger partial charge < -0.3 is 34.1 Å². The van der Waals surface area contributed by atoms with E-state index in [2.05, 4.69) is 9.55 Å². The first kappa shape index (κ1) is 33.7. The van der Waals surface area contributed by atoms with Gasteiger partial charge in [-0.1, -0.05) is 30.3 Å². The van der Waals surface area contributed by atoms with Crippen LogP contribution in [-0.2, 0) is 38.6 Å². The van der Waals surface area contributed by atoms with E-state index in [1.807, 2.05) is 30.3 Å². The Balaban J connectivity index is 0.00000506. The van der Waals surface area contributed by atoms with Gasteiger partial charge in [-0.25, -0.2) is 14.8 Å². The lowest BCUT2D eigenvalue weighted by molar-refractivity contribution is -0.145. The first-order chi connectivity index (χ1) is 20.4. The number of halogens is 2. The van der Waals surface area contributed by atoms with Gasteiger partial charge in [-0.3, -0.25) is 4.79 Å². The number of esters is 1. The number of pyridine rings is 1. The number of para-hydroxylation sites is 2. The molecule has 2 heterocycles. The molecule has 0 spiro atoms. The third-order valence-corrected chi connectivity index (χ3v) is 7.00. The number of ether oxygens (including phenoxy) is 4. The summed E-state index contributed by atoms with van der Waals surface area (Å²) in [5.74, 6) is 1.16. The number of carbonyl (C=O) groups excluding carboxylic acids is 2. The quantitative estimate of drug-likeness (QED) is 0.150. The minimum Gasteiger partial charge on any atom is -0.493 e. The summed E-state index contributed by atoms with van der Waals surface area (Å²) in [6.07, 6.45) is 1.21. The molecule has 0 unspecified atom stereocenters. The number of rotatable bonds is 15. The molecular formula is C30H37Cl2N5O6. The monoisotopic (exact) mass is 633 g/mol. The molecule has 2 aromatic carbocycles. The number of benzene rings is 2. The zero-order valence-corrected chi connectivity index (χ0v) is 26.1. The van der Waals surface area contributed by atoms with Crippen LogP contribution in [0, 0.1) is 0 Å². The summed E-state index contributed by atoms with van der Waals surface area (Å²) in [4.78, 5) is 35.8. The van der Waals surface area contributed by atoms with Crippen molar-refractivity contribution in [3.63, 3.8) is 0 Å². The number of hydrogen-bond donors (Lipinski definition) is 1. The van der Waals surface area contributed by atoms with Crippen molar-refractivity contribution in [2.45, 2.75) is 32.9 Å². The number of methoxy groups -OCH3 is 2. The van der Waals surface area contributed by atoms with Crippen LogP contribution in [0.2, 0.25) is 0 Å². The third kappa shape index (κ3) is 7.98. The van der Waals surface area contributed by atoms with Crippen molar-refractivity contribution >= 4 is 63.6 Å². The Kier molecular flexibility index (Phi) is 12.7. The molecule has 0 bridgehead atoms. The van der Waals surface area contributed by atoms with E-state index in [1.54, 1.807) is 31.1 Å². The lowest BCUT2D eigenvalue weighted by atomic mass is 10.1. The van der Waals surface area contributed by atoms with Gasteiger partial charge in [-0.2, -0.15) is 0 Å². The summed E-state index contributed by atoms with van der Waals surface area (Å²) in [6.45, 7) is 3.48. The van der Waals surface area contributed by atoms with Crippen molar-refractivity contribution in [2.75, 3.05) is 52.2 Å². The van der Waals surface area contributed by atoms with Crippen molar-refractivity contribution in [3.05, 3.63) is 53.9 Å². The molecule has 0 aliphatic rings. The van der Waals surface area contributed by atoms with Gasteiger partial charge in [0.05, 0.1) is 31.4 Å². The van der Waals surface area contributed by atoms with E-state index in [4.69, 9.17) is 41.3 Å². The number of nitrogen functional groups attached to an aromatic ring is 1. The van der Waals surface area contributed by atoms with Crippen LogP contribution in [0.3, 0.4) is 0 Å². The maximum Gasteiger partial charge on any atom is 0.344 e. The molecule has 0 saturated heterocycles. The van der Waals surface area contributed by atoms with Gasteiger partial charge in [0.2, 0.25) is 5.91 Å². The molecule has 0 fully saturated rings. The maximum absolute atomic E-state index is 12.9.